The molecule has 0 saturated heterocycles. The number of aromatic amines is 1. The standard InChI is InChI=1S/C14H10N6O4S/c21-13(11-2-1-5-24-11)18-16-7-9-3-4-12(10(6-9)20(22)23)25-14-15-8-17-19-14/h1-8H,(H,18,21)(H,15,17,19)/b16-7-. The Kier molecular flexibility index (Phi) is 4.85. The van der Waals surface area contributed by atoms with E-state index < -0.39 is 10.8 Å². The molecule has 25 heavy (non-hydrogen) atoms. The number of benzene rings is 1. The molecule has 11 heteroatoms. The van der Waals surface area contributed by atoms with E-state index in [1.807, 2.05) is 0 Å². The molecule has 0 unspecified atom stereocenters. The molecule has 1 aromatic carbocycles. The minimum Gasteiger partial charge on any atom is -0.459 e. The van der Waals surface area contributed by atoms with Crippen LogP contribution in [0, 0.1) is 10.1 Å². The van der Waals surface area contributed by atoms with E-state index in [9.17, 15) is 14.9 Å². The van der Waals surface area contributed by atoms with Crippen molar-refractivity contribution in [1.29, 1.82) is 0 Å². The molecule has 0 aliphatic heterocycles. The predicted molar refractivity (Wildman–Crippen MR) is 87.4 cm³/mol. The van der Waals surface area contributed by atoms with Crippen molar-refractivity contribution in [2.45, 2.75) is 10.1 Å². The zero-order valence-corrected chi connectivity index (χ0v) is 13.3. The maximum absolute atomic E-state index is 11.7. The first-order valence-corrected chi connectivity index (χ1v) is 7.63. The highest BCUT2D eigenvalue weighted by Crippen LogP contribution is 2.33. The first-order chi connectivity index (χ1) is 12.1. The summed E-state index contributed by atoms with van der Waals surface area (Å²) in [5.41, 5.74) is 2.62. The molecule has 3 rings (SSSR count). The van der Waals surface area contributed by atoms with Gasteiger partial charge in [-0.1, -0.05) is 6.07 Å². The van der Waals surface area contributed by atoms with Crippen molar-refractivity contribution < 1.29 is 14.1 Å². The third kappa shape index (κ3) is 4.09. The summed E-state index contributed by atoms with van der Waals surface area (Å²) in [5.74, 6) is -0.407. The Hall–Kier alpha value is -3.47. The molecule has 10 nitrogen and oxygen atoms in total. The molecule has 0 bridgehead atoms. The average Bonchev–Trinajstić information content (AvgIpc) is 3.29. The number of carbonyl (C=O) groups is 1. The maximum Gasteiger partial charge on any atom is 0.307 e. The van der Waals surface area contributed by atoms with Crippen LogP contribution in [-0.4, -0.2) is 32.2 Å². The van der Waals surface area contributed by atoms with E-state index in [0.717, 1.165) is 11.8 Å². The highest BCUT2D eigenvalue weighted by molar-refractivity contribution is 7.99. The lowest BCUT2D eigenvalue weighted by Crippen LogP contribution is -2.16. The first kappa shape index (κ1) is 16.4. The Morgan fingerprint density at radius 2 is 2.32 bits per heavy atom. The fourth-order valence-electron chi connectivity index (χ4n) is 1.82. The van der Waals surface area contributed by atoms with Crippen LogP contribution in [-0.2, 0) is 0 Å². The van der Waals surface area contributed by atoms with Gasteiger partial charge >= 0.3 is 5.91 Å². The zero-order chi connectivity index (χ0) is 17.6. The van der Waals surface area contributed by atoms with Gasteiger partial charge in [0.25, 0.3) is 5.69 Å². The summed E-state index contributed by atoms with van der Waals surface area (Å²) in [7, 11) is 0. The van der Waals surface area contributed by atoms with E-state index in [4.69, 9.17) is 4.42 Å². The normalized spacial score (nSPS) is 10.9. The van der Waals surface area contributed by atoms with Crippen molar-refractivity contribution in [2.24, 2.45) is 5.10 Å². The number of rotatable bonds is 6. The number of hydrazone groups is 1. The third-order valence-electron chi connectivity index (χ3n) is 2.90. The minimum atomic E-state index is -0.520. The smallest absolute Gasteiger partial charge is 0.307 e. The molecule has 2 aromatic heterocycles. The monoisotopic (exact) mass is 358 g/mol. The SMILES string of the molecule is O=C(N/N=C\c1ccc(Sc2ncn[nH]2)c([N+](=O)[O-])c1)c1ccco1. The summed E-state index contributed by atoms with van der Waals surface area (Å²) in [6, 6.07) is 7.62. The summed E-state index contributed by atoms with van der Waals surface area (Å²) in [5, 5.41) is 21.8. The van der Waals surface area contributed by atoms with Gasteiger partial charge < -0.3 is 4.42 Å². The highest BCUT2D eigenvalue weighted by atomic mass is 32.2. The first-order valence-electron chi connectivity index (χ1n) is 6.82. The molecule has 0 atom stereocenters. The van der Waals surface area contributed by atoms with Crippen molar-refractivity contribution in [3.8, 4) is 0 Å². The van der Waals surface area contributed by atoms with E-state index in [0.29, 0.717) is 15.6 Å². The van der Waals surface area contributed by atoms with E-state index in [1.165, 1.54) is 30.9 Å². The minimum absolute atomic E-state index is 0.109. The predicted octanol–water partition coefficient (Wildman–Crippen LogP) is 2.22. The molecule has 0 spiro atoms. The lowest BCUT2D eigenvalue weighted by molar-refractivity contribution is -0.387. The fraction of sp³-hybridized carbons (Fsp3) is 0. The van der Waals surface area contributed by atoms with E-state index in [1.54, 1.807) is 18.2 Å². The average molecular weight is 358 g/mol. The van der Waals surface area contributed by atoms with Gasteiger partial charge in [0, 0.05) is 11.6 Å². The van der Waals surface area contributed by atoms with Crippen LogP contribution in [0.15, 0.2) is 62.5 Å². The summed E-state index contributed by atoms with van der Waals surface area (Å²) >= 11 is 1.09. The Balaban J connectivity index is 1.73. The number of nitrogens with zero attached hydrogens (tertiary/aromatic N) is 4. The Bertz CT molecular complexity index is 908. The number of nitro benzene ring substituents is 1. The number of hydrogen-bond donors (Lipinski definition) is 2. The fourth-order valence-corrected chi connectivity index (χ4v) is 2.60. The van der Waals surface area contributed by atoms with Crippen molar-refractivity contribution in [3.05, 3.63) is 64.4 Å². The lowest BCUT2D eigenvalue weighted by atomic mass is 10.2. The molecule has 3 aromatic rings. The van der Waals surface area contributed by atoms with Crippen molar-refractivity contribution >= 4 is 29.6 Å². The third-order valence-corrected chi connectivity index (χ3v) is 3.86. The van der Waals surface area contributed by atoms with Crippen LogP contribution >= 0.6 is 11.8 Å². The zero-order valence-electron chi connectivity index (χ0n) is 12.4. The Morgan fingerprint density at radius 1 is 1.44 bits per heavy atom. The number of hydrogen-bond acceptors (Lipinski definition) is 8. The quantitative estimate of drug-likeness (QED) is 0.391. The highest BCUT2D eigenvalue weighted by Gasteiger charge is 2.16. The van der Waals surface area contributed by atoms with Gasteiger partial charge in [0.2, 0.25) is 0 Å². The molecular formula is C14H10N6O4S. The number of nitro groups is 1. The van der Waals surface area contributed by atoms with Crippen molar-refractivity contribution in [1.82, 2.24) is 20.6 Å². The van der Waals surface area contributed by atoms with Crippen molar-refractivity contribution in [3.63, 3.8) is 0 Å². The van der Waals surface area contributed by atoms with Gasteiger partial charge in [-0.25, -0.2) is 10.4 Å². The number of H-pyrrole nitrogens is 1. The van der Waals surface area contributed by atoms with Crippen LogP contribution < -0.4 is 5.43 Å². The number of amides is 1. The molecule has 0 radical (unpaired) electrons. The second-order valence-electron chi connectivity index (χ2n) is 4.55. The van der Waals surface area contributed by atoms with Gasteiger partial charge in [-0.2, -0.15) is 10.2 Å². The number of aromatic nitrogens is 3. The van der Waals surface area contributed by atoms with Crippen LogP contribution in [0.5, 0.6) is 0 Å². The van der Waals surface area contributed by atoms with Gasteiger partial charge in [-0.05, 0) is 30.0 Å². The molecular weight excluding hydrogens is 348 g/mol. The Morgan fingerprint density at radius 3 is 3.00 bits per heavy atom. The van der Waals surface area contributed by atoms with Gasteiger partial charge in [-0.15, -0.1) is 0 Å². The number of furan rings is 1. The molecule has 0 aliphatic rings. The molecule has 0 fully saturated rings. The summed E-state index contributed by atoms with van der Waals surface area (Å²) in [4.78, 5) is 26.7. The van der Waals surface area contributed by atoms with Crippen LogP contribution in [0.3, 0.4) is 0 Å². The van der Waals surface area contributed by atoms with Crippen LogP contribution in [0.4, 0.5) is 5.69 Å². The second kappa shape index (κ2) is 7.40. The topological polar surface area (TPSA) is 139 Å². The van der Waals surface area contributed by atoms with E-state index in [2.05, 4.69) is 25.7 Å². The molecule has 126 valence electrons. The number of nitrogens with one attached hydrogen (secondary N) is 2. The lowest BCUT2D eigenvalue weighted by Gasteiger charge is -2.02. The molecule has 0 aliphatic carbocycles. The van der Waals surface area contributed by atoms with Gasteiger partial charge in [-0.3, -0.25) is 20.0 Å². The van der Waals surface area contributed by atoms with Crippen LogP contribution in [0.1, 0.15) is 16.1 Å². The summed E-state index contributed by atoms with van der Waals surface area (Å²) in [6.07, 6.45) is 3.99. The second-order valence-corrected chi connectivity index (χ2v) is 5.58. The van der Waals surface area contributed by atoms with Gasteiger partial charge in [0.05, 0.1) is 22.3 Å². The molecule has 2 N–H and O–H groups in total. The molecule has 2 heterocycles. The van der Waals surface area contributed by atoms with Gasteiger partial charge in [0.1, 0.15) is 6.33 Å². The van der Waals surface area contributed by atoms with E-state index in [-0.39, 0.29) is 11.4 Å². The van der Waals surface area contributed by atoms with Crippen LogP contribution in [0.2, 0.25) is 0 Å². The van der Waals surface area contributed by atoms with Crippen LogP contribution in [0.25, 0.3) is 0 Å². The van der Waals surface area contributed by atoms with E-state index >= 15 is 0 Å². The largest absolute Gasteiger partial charge is 0.459 e. The number of carbonyl (C=O) groups excluding carboxylic acids is 1. The molecule has 0 saturated carbocycles. The summed E-state index contributed by atoms with van der Waals surface area (Å²) in [6.45, 7) is 0. The summed E-state index contributed by atoms with van der Waals surface area (Å²) < 4.78 is 4.92. The Labute approximate surface area is 144 Å². The van der Waals surface area contributed by atoms with Crippen molar-refractivity contribution in [2.75, 3.05) is 0 Å². The maximum atomic E-state index is 11.7. The molecule has 1 amide bonds. The van der Waals surface area contributed by atoms with Gasteiger partial charge in [0.15, 0.2) is 10.9 Å².